The van der Waals surface area contributed by atoms with Gasteiger partial charge in [-0.05, 0) is 29.8 Å². The molecule has 0 radical (unpaired) electrons. The molecule has 0 amide bonds. The molecule has 0 N–H and O–H groups in total. The van der Waals surface area contributed by atoms with Gasteiger partial charge in [0, 0.05) is 21.8 Å². The first-order chi connectivity index (χ1) is 8.78. The Bertz CT molecular complexity index is 685. The summed E-state index contributed by atoms with van der Waals surface area (Å²) in [6.07, 6.45) is 0.408. The molecule has 0 bridgehead atoms. The van der Waals surface area contributed by atoms with Gasteiger partial charge in [-0.1, -0.05) is 30.0 Å². The van der Waals surface area contributed by atoms with Gasteiger partial charge in [-0.25, -0.2) is 0 Å². The topological polar surface area (TPSA) is 40.9 Å². The van der Waals surface area contributed by atoms with Gasteiger partial charge >= 0.3 is 0 Å². The highest BCUT2D eigenvalue weighted by Crippen LogP contribution is 2.37. The third kappa shape index (κ3) is 1.81. The molecule has 0 aliphatic carbocycles. The summed E-state index contributed by atoms with van der Waals surface area (Å²) in [5, 5.41) is 8.90. The Balaban J connectivity index is 2.16. The first-order valence-electron chi connectivity index (χ1n) is 5.61. The number of nitriles is 1. The molecule has 0 fully saturated rings. The van der Waals surface area contributed by atoms with E-state index in [1.807, 2.05) is 30.3 Å². The predicted molar refractivity (Wildman–Crippen MR) is 69.8 cm³/mol. The molecular weight excluding hydrogens is 242 g/mol. The van der Waals surface area contributed by atoms with Gasteiger partial charge in [0.15, 0.2) is 5.78 Å². The quantitative estimate of drug-likeness (QED) is 0.720. The second kappa shape index (κ2) is 4.32. The highest BCUT2D eigenvalue weighted by Gasteiger charge is 2.20. The molecule has 86 valence electrons. The molecule has 0 saturated heterocycles. The van der Waals surface area contributed by atoms with Crippen LogP contribution in [0.4, 0.5) is 0 Å². The summed E-state index contributed by atoms with van der Waals surface area (Å²) in [5.74, 6) is 0.0829. The lowest BCUT2D eigenvalue weighted by Crippen LogP contribution is -2.03. The second-order valence-electron chi connectivity index (χ2n) is 4.13. The molecule has 3 rings (SSSR count). The zero-order chi connectivity index (χ0) is 12.5. The average molecular weight is 251 g/mol. The smallest absolute Gasteiger partial charge is 0.168 e. The third-order valence-corrected chi connectivity index (χ3v) is 4.15. The minimum atomic E-state index is 0.0829. The molecule has 0 unspecified atom stereocenters. The maximum Gasteiger partial charge on any atom is 0.168 e. The van der Waals surface area contributed by atoms with Gasteiger partial charge in [-0.2, -0.15) is 5.26 Å². The van der Waals surface area contributed by atoms with Gasteiger partial charge in [0.25, 0.3) is 0 Å². The van der Waals surface area contributed by atoms with E-state index >= 15 is 0 Å². The molecule has 0 saturated carbocycles. The van der Waals surface area contributed by atoms with E-state index in [4.69, 9.17) is 5.26 Å². The van der Waals surface area contributed by atoms with Crippen LogP contribution in [-0.4, -0.2) is 5.78 Å². The highest BCUT2D eigenvalue weighted by molar-refractivity contribution is 7.99. The fraction of sp³-hybridized carbons (Fsp3) is 0.0667. The van der Waals surface area contributed by atoms with Crippen molar-refractivity contribution in [2.75, 3.05) is 0 Å². The molecule has 18 heavy (non-hydrogen) atoms. The van der Waals surface area contributed by atoms with Crippen LogP contribution in [0.3, 0.4) is 0 Å². The summed E-state index contributed by atoms with van der Waals surface area (Å²) in [5.41, 5.74) is 2.26. The van der Waals surface area contributed by atoms with Crippen LogP contribution in [0.2, 0.25) is 0 Å². The molecule has 1 aliphatic rings. The Kier molecular flexibility index (Phi) is 2.66. The zero-order valence-electron chi connectivity index (χ0n) is 9.51. The van der Waals surface area contributed by atoms with Gasteiger partial charge in [0.2, 0.25) is 0 Å². The highest BCUT2D eigenvalue weighted by atomic mass is 32.2. The molecule has 0 atom stereocenters. The van der Waals surface area contributed by atoms with Gasteiger partial charge in [-0.3, -0.25) is 4.79 Å². The lowest BCUT2D eigenvalue weighted by Gasteiger charge is -2.04. The van der Waals surface area contributed by atoms with E-state index < -0.39 is 0 Å². The SMILES string of the molecule is N#Cc1ccc2c(c1)C(=O)Cc1ccccc1S2. The maximum absolute atomic E-state index is 12.2. The molecule has 0 spiro atoms. The van der Waals surface area contributed by atoms with Crippen molar-refractivity contribution >= 4 is 17.5 Å². The van der Waals surface area contributed by atoms with Crippen LogP contribution in [0.5, 0.6) is 0 Å². The van der Waals surface area contributed by atoms with Crippen LogP contribution < -0.4 is 0 Å². The lowest BCUT2D eigenvalue weighted by molar-refractivity contribution is 0.0990. The van der Waals surface area contributed by atoms with Crippen molar-refractivity contribution in [1.82, 2.24) is 0 Å². The Morgan fingerprint density at radius 2 is 1.94 bits per heavy atom. The number of hydrogen-bond donors (Lipinski definition) is 0. The van der Waals surface area contributed by atoms with Crippen LogP contribution in [0.25, 0.3) is 0 Å². The minimum absolute atomic E-state index is 0.0829. The van der Waals surface area contributed by atoms with E-state index in [2.05, 4.69) is 6.07 Å². The molecule has 1 aliphatic heterocycles. The molecule has 2 aromatic rings. The summed E-state index contributed by atoms with van der Waals surface area (Å²) >= 11 is 1.60. The average Bonchev–Trinajstić information content (AvgIpc) is 2.54. The van der Waals surface area contributed by atoms with Crippen LogP contribution >= 0.6 is 11.8 Å². The van der Waals surface area contributed by atoms with Crippen molar-refractivity contribution in [1.29, 1.82) is 5.26 Å². The first-order valence-corrected chi connectivity index (χ1v) is 6.42. The van der Waals surface area contributed by atoms with E-state index in [1.165, 1.54) is 0 Å². The zero-order valence-corrected chi connectivity index (χ0v) is 10.3. The molecular formula is C15H9NOS. The molecule has 2 nitrogen and oxygen atoms in total. The molecule has 0 aromatic heterocycles. The van der Waals surface area contributed by atoms with Gasteiger partial charge in [0.1, 0.15) is 0 Å². The Labute approximate surface area is 109 Å². The number of rotatable bonds is 0. The van der Waals surface area contributed by atoms with Crippen LogP contribution in [0.1, 0.15) is 21.5 Å². The van der Waals surface area contributed by atoms with E-state index in [0.717, 1.165) is 15.4 Å². The monoisotopic (exact) mass is 251 g/mol. The Hall–Kier alpha value is -2.05. The van der Waals surface area contributed by atoms with Crippen LogP contribution in [-0.2, 0) is 6.42 Å². The summed E-state index contributed by atoms with van der Waals surface area (Å²) in [4.78, 5) is 14.3. The van der Waals surface area contributed by atoms with Crippen molar-refractivity contribution in [2.24, 2.45) is 0 Å². The largest absolute Gasteiger partial charge is 0.294 e. The third-order valence-electron chi connectivity index (χ3n) is 2.95. The van der Waals surface area contributed by atoms with Crippen LogP contribution in [0.15, 0.2) is 52.3 Å². The molecule has 3 heteroatoms. The second-order valence-corrected chi connectivity index (χ2v) is 5.22. The van der Waals surface area contributed by atoms with Crippen molar-refractivity contribution in [3.63, 3.8) is 0 Å². The van der Waals surface area contributed by atoms with E-state index in [0.29, 0.717) is 17.5 Å². The Morgan fingerprint density at radius 3 is 2.78 bits per heavy atom. The number of hydrogen-bond acceptors (Lipinski definition) is 3. The van der Waals surface area contributed by atoms with E-state index in [1.54, 1.807) is 23.9 Å². The number of carbonyl (C=O) groups is 1. The Morgan fingerprint density at radius 1 is 1.11 bits per heavy atom. The van der Waals surface area contributed by atoms with E-state index in [-0.39, 0.29) is 5.78 Å². The predicted octanol–water partition coefficient (Wildman–Crippen LogP) is 3.45. The number of benzene rings is 2. The standard InChI is InChI=1S/C15H9NOS/c16-9-10-5-6-15-12(7-10)13(17)8-11-3-1-2-4-14(11)18-15/h1-7H,8H2. The summed E-state index contributed by atoms with van der Waals surface area (Å²) in [6.45, 7) is 0. The maximum atomic E-state index is 12.2. The number of nitrogens with zero attached hydrogens (tertiary/aromatic N) is 1. The van der Waals surface area contributed by atoms with Gasteiger partial charge in [0.05, 0.1) is 11.6 Å². The molecule has 2 aromatic carbocycles. The fourth-order valence-electron chi connectivity index (χ4n) is 2.04. The summed E-state index contributed by atoms with van der Waals surface area (Å²) in [7, 11) is 0. The number of carbonyl (C=O) groups excluding carboxylic acids is 1. The van der Waals surface area contributed by atoms with Crippen molar-refractivity contribution in [3.8, 4) is 6.07 Å². The van der Waals surface area contributed by atoms with Crippen molar-refractivity contribution in [3.05, 3.63) is 59.2 Å². The summed E-state index contributed by atoms with van der Waals surface area (Å²) < 4.78 is 0. The first kappa shape index (κ1) is 11.1. The van der Waals surface area contributed by atoms with Crippen molar-refractivity contribution in [2.45, 2.75) is 16.2 Å². The van der Waals surface area contributed by atoms with Gasteiger partial charge < -0.3 is 0 Å². The molecule has 1 heterocycles. The number of Topliss-reactive ketones (excluding diaryl/α,β-unsaturated/α-hetero) is 1. The lowest BCUT2D eigenvalue weighted by atomic mass is 10.0. The fourth-order valence-corrected chi connectivity index (χ4v) is 3.12. The minimum Gasteiger partial charge on any atom is -0.294 e. The van der Waals surface area contributed by atoms with Crippen molar-refractivity contribution < 1.29 is 4.79 Å². The normalized spacial score (nSPS) is 13.2. The number of fused-ring (bicyclic) bond motifs is 2. The summed E-state index contributed by atoms with van der Waals surface area (Å²) in [6, 6.07) is 15.3. The van der Waals surface area contributed by atoms with E-state index in [9.17, 15) is 4.79 Å². The number of ketones is 1. The van der Waals surface area contributed by atoms with Gasteiger partial charge in [-0.15, -0.1) is 0 Å². The van der Waals surface area contributed by atoms with Crippen LogP contribution in [0, 0.1) is 11.3 Å².